The van der Waals surface area contributed by atoms with E-state index in [1.807, 2.05) is 0 Å². The molecule has 1 unspecified atom stereocenters. The summed E-state index contributed by atoms with van der Waals surface area (Å²) in [4.78, 5) is 10.3. The fraction of sp³-hybridized carbons (Fsp3) is 0.500. The van der Waals surface area contributed by atoms with Crippen LogP contribution in [0.25, 0.3) is 0 Å². The second kappa shape index (κ2) is 2.26. The number of thiocarbonyl (C=S) groups is 1. The lowest BCUT2D eigenvalue weighted by Gasteiger charge is -2.17. The van der Waals surface area contributed by atoms with E-state index in [4.69, 9.17) is 0 Å². The minimum Gasteiger partial charge on any atom is -0.334 e. The summed E-state index contributed by atoms with van der Waals surface area (Å²) in [6.07, 6.45) is -1.22. The number of alkyl halides is 1. The zero-order valence-electron chi connectivity index (χ0n) is 4.48. The molecule has 0 aliphatic carbocycles. The second-order valence-corrected chi connectivity index (χ2v) is 2.11. The number of hydrogen-bond acceptors (Lipinski definition) is 2. The quantitative estimate of drug-likeness (QED) is 0.473. The molecule has 9 heavy (non-hydrogen) atoms. The molecule has 1 aliphatic heterocycles. The Balaban J connectivity index is 2.54. The summed E-state index contributed by atoms with van der Waals surface area (Å²) < 4.78 is 12.3. The molecule has 1 aliphatic rings. The maximum Gasteiger partial charge on any atom is 0.319 e. The lowest BCUT2D eigenvalue weighted by atomic mass is 10.3. The van der Waals surface area contributed by atoms with E-state index in [1.165, 1.54) is 0 Å². The molecule has 1 heterocycles. The van der Waals surface area contributed by atoms with Gasteiger partial charge in [-0.25, -0.2) is 9.18 Å². The van der Waals surface area contributed by atoms with E-state index in [2.05, 4.69) is 22.9 Å². The van der Waals surface area contributed by atoms with Crippen LogP contribution >= 0.6 is 12.2 Å². The van der Waals surface area contributed by atoms with Crippen LogP contribution < -0.4 is 10.6 Å². The monoisotopic (exact) mass is 148 g/mol. The Hall–Kier alpha value is -0.710. The van der Waals surface area contributed by atoms with Gasteiger partial charge in [-0.1, -0.05) is 12.2 Å². The first-order chi connectivity index (χ1) is 4.20. The topological polar surface area (TPSA) is 41.1 Å². The zero-order valence-corrected chi connectivity index (χ0v) is 5.30. The second-order valence-electron chi connectivity index (χ2n) is 1.67. The molecule has 3 nitrogen and oxygen atoms in total. The minimum absolute atomic E-state index is 0.00926. The molecule has 50 valence electrons. The lowest BCUT2D eigenvalue weighted by Crippen LogP contribution is -2.52. The van der Waals surface area contributed by atoms with Crippen LogP contribution in [0.1, 0.15) is 0 Å². The normalized spacial score (nSPS) is 27.0. The number of halogens is 1. The standard InChI is InChI=1S/C4H5FN2OS/c5-2-1-6-4(8)7-3(2)9/h2H,1H2,(H2,6,7,8,9). The molecule has 0 aromatic rings. The Morgan fingerprint density at radius 3 is 2.89 bits per heavy atom. The molecule has 0 bridgehead atoms. The van der Waals surface area contributed by atoms with Crippen molar-refractivity contribution < 1.29 is 9.18 Å². The van der Waals surface area contributed by atoms with Gasteiger partial charge in [-0.3, -0.25) is 5.32 Å². The fourth-order valence-electron chi connectivity index (χ4n) is 0.509. The third kappa shape index (κ3) is 1.35. The Labute approximate surface area is 56.6 Å². The highest BCUT2D eigenvalue weighted by atomic mass is 32.1. The molecule has 2 amide bonds. The molecule has 2 N–H and O–H groups in total. The lowest BCUT2D eigenvalue weighted by molar-refractivity contribution is 0.238. The van der Waals surface area contributed by atoms with E-state index >= 15 is 0 Å². The van der Waals surface area contributed by atoms with Gasteiger partial charge < -0.3 is 5.32 Å². The van der Waals surface area contributed by atoms with Crippen molar-refractivity contribution in [1.82, 2.24) is 10.6 Å². The number of carbonyl (C=O) groups excluding carboxylic acids is 1. The first kappa shape index (κ1) is 6.41. The van der Waals surface area contributed by atoms with Crippen LogP contribution in [0.4, 0.5) is 9.18 Å². The van der Waals surface area contributed by atoms with Crippen molar-refractivity contribution in [1.29, 1.82) is 0 Å². The number of amides is 2. The van der Waals surface area contributed by atoms with E-state index in [-0.39, 0.29) is 11.5 Å². The molecular formula is C4H5FN2OS. The predicted molar refractivity (Wildman–Crippen MR) is 34.0 cm³/mol. The van der Waals surface area contributed by atoms with Crippen molar-refractivity contribution in [2.24, 2.45) is 0 Å². The highest BCUT2D eigenvalue weighted by molar-refractivity contribution is 7.80. The van der Waals surface area contributed by atoms with E-state index in [0.29, 0.717) is 0 Å². The van der Waals surface area contributed by atoms with Gasteiger partial charge in [-0.2, -0.15) is 0 Å². The van der Waals surface area contributed by atoms with E-state index in [0.717, 1.165) is 0 Å². The van der Waals surface area contributed by atoms with Crippen LogP contribution in [-0.4, -0.2) is 23.7 Å². The highest BCUT2D eigenvalue weighted by Gasteiger charge is 2.20. The van der Waals surface area contributed by atoms with Crippen LogP contribution in [0.2, 0.25) is 0 Å². The Morgan fingerprint density at radius 2 is 2.44 bits per heavy atom. The number of carbonyl (C=O) groups is 1. The van der Waals surface area contributed by atoms with E-state index in [1.54, 1.807) is 0 Å². The van der Waals surface area contributed by atoms with Crippen molar-refractivity contribution in [2.75, 3.05) is 6.54 Å². The molecule has 0 spiro atoms. The molecule has 0 aromatic carbocycles. The summed E-state index contributed by atoms with van der Waals surface area (Å²) in [6.45, 7) is -0.00926. The fourth-order valence-corrected chi connectivity index (χ4v) is 0.685. The third-order valence-electron chi connectivity index (χ3n) is 0.963. The number of nitrogens with one attached hydrogen (secondary N) is 2. The molecule has 1 fully saturated rings. The molecule has 1 saturated heterocycles. The van der Waals surface area contributed by atoms with Crippen LogP contribution in [0, 0.1) is 0 Å². The van der Waals surface area contributed by atoms with Crippen molar-refractivity contribution in [2.45, 2.75) is 6.17 Å². The van der Waals surface area contributed by atoms with Crippen LogP contribution in [-0.2, 0) is 0 Å². The van der Waals surface area contributed by atoms with Crippen LogP contribution in [0.15, 0.2) is 0 Å². The summed E-state index contributed by atoms with van der Waals surface area (Å²) >= 11 is 4.46. The molecule has 1 atom stereocenters. The molecule has 0 saturated carbocycles. The molecular weight excluding hydrogens is 143 g/mol. The molecule has 0 radical (unpaired) electrons. The van der Waals surface area contributed by atoms with E-state index in [9.17, 15) is 9.18 Å². The van der Waals surface area contributed by atoms with Gasteiger partial charge in [-0.15, -0.1) is 0 Å². The van der Waals surface area contributed by atoms with Crippen LogP contribution in [0.5, 0.6) is 0 Å². The van der Waals surface area contributed by atoms with Gasteiger partial charge in [0.2, 0.25) is 0 Å². The summed E-state index contributed by atoms with van der Waals surface area (Å²) in [6, 6.07) is -0.422. The van der Waals surface area contributed by atoms with Gasteiger partial charge in [0.05, 0.1) is 6.54 Å². The van der Waals surface area contributed by atoms with Crippen LogP contribution in [0.3, 0.4) is 0 Å². The van der Waals surface area contributed by atoms with Crippen molar-refractivity contribution in [3.63, 3.8) is 0 Å². The highest BCUT2D eigenvalue weighted by Crippen LogP contribution is 1.95. The summed E-state index contributed by atoms with van der Waals surface area (Å²) in [5.41, 5.74) is 0. The van der Waals surface area contributed by atoms with Crippen molar-refractivity contribution in [3.8, 4) is 0 Å². The van der Waals surface area contributed by atoms with Crippen molar-refractivity contribution >= 4 is 23.2 Å². The maximum atomic E-state index is 12.3. The molecule has 0 aromatic heterocycles. The Morgan fingerprint density at radius 1 is 1.78 bits per heavy atom. The maximum absolute atomic E-state index is 12.3. The number of rotatable bonds is 0. The summed E-state index contributed by atoms with van der Waals surface area (Å²) in [7, 11) is 0. The van der Waals surface area contributed by atoms with Gasteiger partial charge in [-0.05, 0) is 0 Å². The average Bonchev–Trinajstić information content (AvgIpc) is 1.80. The van der Waals surface area contributed by atoms with Crippen molar-refractivity contribution in [3.05, 3.63) is 0 Å². The zero-order chi connectivity index (χ0) is 6.85. The minimum atomic E-state index is -1.22. The van der Waals surface area contributed by atoms with Gasteiger partial charge in [0.25, 0.3) is 0 Å². The molecule has 1 rings (SSSR count). The number of hydrogen-bond donors (Lipinski definition) is 2. The summed E-state index contributed by atoms with van der Waals surface area (Å²) in [5, 5.41) is 4.39. The number of urea groups is 1. The Kier molecular flexibility index (Phi) is 1.61. The Bertz CT molecular complexity index is 161. The van der Waals surface area contributed by atoms with Gasteiger partial charge in [0.15, 0.2) is 6.17 Å². The smallest absolute Gasteiger partial charge is 0.319 e. The largest absolute Gasteiger partial charge is 0.334 e. The van der Waals surface area contributed by atoms with Gasteiger partial charge in [0.1, 0.15) is 4.99 Å². The van der Waals surface area contributed by atoms with Gasteiger partial charge in [0, 0.05) is 0 Å². The predicted octanol–water partition coefficient (Wildman–Crippen LogP) is -0.0353. The SMILES string of the molecule is O=C1NCC(F)C(=S)N1. The first-order valence-electron chi connectivity index (χ1n) is 2.43. The average molecular weight is 148 g/mol. The van der Waals surface area contributed by atoms with E-state index < -0.39 is 12.2 Å². The third-order valence-corrected chi connectivity index (χ3v) is 1.32. The van der Waals surface area contributed by atoms with Gasteiger partial charge >= 0.3 is 6.03 Å². The first-order valence-corrected chi connectivity index (χ1v) is 2.84. The molecule has 5 heteroatoms. The summed E-state index contributed by atoms with van der Waals surface area (Å²) in [5.74, 6) is 0.